The standard InChI is InChI=1S/C17H13ClN4O/c1-2-22-16-8-7-15(21-23)17(14(16)10-20-22)13(9-19)11-3-5-12(18)6-4-11/h3-8,10,20H,2H2,1H3/b17-13-. The molecule has 1 N–H and O–H groups in total. The smallest absolute Gasteiger partial charge is 0.117 e. The third kappa shape index (κ3) is 2.54. The van der Waals surface area contributed by atoms with E-state index in [9.17, 15) is 10.2 Å². The van der Waals surface area contributed by atoms with Crippen LogP contribution in [0.3, 0.4) is 0 Å². The average Bonchev–Trinajstić information content (AvgIpc) is 3.00. The second-order valence-electron chi connectivity index (χ2n) is 5.00. The van der Waals surface area contributed by atoms with Crippen LogP contribution in [0, 0.1) is 16.2 Å². The summed E-state index contributed by atoms with van der Waals surface area (Å²) in [6.07, 6.45) is 1.79. The van der Waals surface area contributed by atoms with Crippen molar-refractivity contribution in [3.63, 3.8) is 0 Å². The minimum Gasteiger partial charge on any atom is -0.305 e. The molecule has 2 aromatic rings. The second kappa shape index (κ2) is 6.11. The van der Waals surface area contributed by atoms with Gasteiger partial charge >= 0.3 is 0 Å². The number of hydrogen-bond acceptors (Lipinski definition) is 5. The van der Waals surface area contributed by atoms with Crippen LogP contribution in [0.15, 0.2) is 41.6 Å². The van der Waals surface area contributed by atoms with Gasteiger partial charge in [0.1, 0.15) is 11.8 Å². The Morgan fingerprint density at radius 3 is 2.65 bits per heavy atom. The van der Waals surface area contributed by atoms with Crippen LogP contribution in [0.2, 0.25) is 5.02 Å². The molecule has 3 rings (SSSR count). The predicted octanol–water partition coefficient (Wildman–Crippen LogP) is 2.54. The number of nitriles is 1. The van der Waals surface area contributed by atoms with E-state index in [1.807, 2.05) is 18.0 Å². The summed E-state index contributed by atoms with van der Waals surface area (Å²) in [7, 11) is 0. The molecular weight excluding hydrogens is 312 g/mol. The van der Waals surface area contributed by atoms with Crippen molar-refractivity contribution in [2.75, 3.05) is 11.6 Å². The first-order valence-electron chi connectivity index (χ1n) is 7.10. The highest BCUT2D eigenvalue weighted by molar-refractivity contribution is 6.30. The lowest BCUT2D eigenvalue weighted by Gasteiger charge is -2.17. The van der Waals surface area contributed by atoms with E-state index in [4.69, 9.17) is 11.6 Å². The van der Waals surface area contributed by atoms with Crippen LogP contribution in [0.4, 0.5) is 11.4 Å². The number of benzene rings is 2. The highest BCUT2D eigenvalue weighted by atomic mass is 35.5. The van der Waals surface area contributed by atoms with Crippen LogP contribution < -0.4 is 20.9 Å². The molecule has 0 atom stereocenters. The molecule has 1 aliphatic rings. The Labute approximate surface area is 138 Å². The number of hydrazine groups is 1. The zero-order valence-electron chi connectivity index (χ0n) is 12.4. The Kier molecular flexibility index (Phi) is 4.00. The van der Waals surface area contributed by atoms with Gasteiger partial charge in [0.2, 0.25) is 0 Å². The van der Waals surface area contributed by atoms with E-state index >= 15 is 0 Å². The lowest BCUT2D eigenvalue weighted by Crippen LogP contribution is -2.32. The van der Waals surface area contributed by atoms with Crippen molar-refractivity contribution in [1.29, 1.82) is 5.26 Å². The van der Waals surface area contributed by atoms with E-state index in [-0.39, 0.29) is 5.69 Å². The van der Waals surface area contributed by atoms with Crippen LogP contribution in [0.5, 0.6) is 0 Å². The molecule has 0 fully saturated rings. The van der Waals surface area contributed by atoms with E-state index in [1.54, 1.807) is 36.5 Å². The maximum Gasteiger partial charge on any atom is 0.117 e. The summed E-state index contributed by atoms with van der Waals surface area (Å²) in [4.78, 5) is 11.2. The summed E-state index contributed by atoms with van der Waals surface area (Å²) in [6, 6.07) is 12.6. The van der Waals surface area contributed by atoms with Crippen molar-refractivity contribution < 1.29 is 0 Å². The number of rotatable bonds is 3. The minimum absolute atomic E-state index is 0.242. The molecule has 0 aromatic heterocycles. The van der Waals surface area contributed by atoms with Crippen molar-refractivity contribution in [3.05, 3.63) is 62.3 Å². The third-order valence-corrected chi connectivity index (χ3v) is 4.02. The summed E-state index contributed by atoms with van der Waals surface area (Å²) in [5.41, 5.74) is 5.36. The number of fused-ring (bicyclic) bond motifs is 1. The molecular formula is C17H13ClN4O. The SMILES string of the molecule is CCN1NC=c2c1ccc(N=O)/c2=C(/C#N)c1ccc(Cl)cc1. The van der Waals surface area contributed by atoms with Gasteiger partial charge in [-0.2, -0.15) is 5.26 Å². The monoisotopic (exact) mass is 324 g/mol. The maximum atomic E-state index is 11.2. The number of anilines is 1. The van der Waals surface area contributed by atoms with Gasteiger partial charge in [0.25, 0.3) is 0 Å². The Morgan fingerprint density at radius 2 is 2.04 bits per heavy atom. The predicted molar refractivity (Wildman–Crippen MR) is 91.3 cm³/mol. The van der Waals surface area contributed by atoms with Crippen LogP contribution in [-0.2, 0) is 0 Å². The highest BCUT2D eigenvalue weighted by Gasteiger charge is 2.16. The van der Waals surface area contributed by atoms with Crippen LogP contribution in [0.1, 0.15) is 12.5 Å². The molecule has 23 heavy (non-hydrogen) atoms. The molecule has 6 heteroatoms. The van der Waals surface area contributed by atoms with E-state index < -0.39 is 0 Å². The largest absolute Gasteiger partial charge is 0.305 e. The van der Waals surface area contributed by atoms with E-state index in [0.717, 1.165) is 17.5 Å². The van der Waals surface area contributed by atoms with Crippen LogP contribution in [-0.4, -0.2) is 6.54 Å². The molecule has 114 valence electrons. The Hall–Kier alpha value is -2.84. The number of hydrogen-bond donors (Lipinski definition) is 1. The first-order valence-corrected chi connectivity index (χ1v) is 7.48. The summed E-state index contributed by atoms with van der Waals surface area (Å²) >= 11 is 5.91. The fourth-order valence-electron chi connectivity index (χ4n) is 2.67. The van der Waals surface area contributed by atoms with E-state index in [0.29, 0.717) is 21.4 Å². The van der Waals surface area contributed by atoms with Gasteiger partial charge in [-0.25, -0.2) is 0 Å². The van der Waals surface area contributed by atoms with Gasteiger partial charge in [-0.15, -0.1) is 4.91 Å². The maximum absolute atomic E-state index is 11.2. The van der Waals surface area contributed by atoms with Gasteiger partial charge in [0.05, 0.1) is 11.3 Å². The molecule has 1 aliphatic heterocycles. The zero-order valence-corrected chi connectivity index (χ0v) is 13.1. The van der Waals surface area contributed by atoms with Gasteiger partial charge in [0.15, 0.2) is 0 Å². The number of nitrogens with zero attached hydrogens (tertiary/aromatic N) is 3. The van der Waals surface area contributed by atoms with Gasteiger partial charge in [-0.3, -0.25) is 5.01 Å². The fraction of sp³-hybridized carbons (Fsp3) is 0.118. The number of halogens is 1. The molecule has 0 radical (unpaired) electrons. The lowest BCUT2D eigenvalue weighted by molar-refractivity contribution is 0.810. The summed E-state index contributed by atoms with van der Waals surface area (Å²) in [5.74, 6) is 0. The number of nitroso groups, excluding NO2 is 1. The molecule has 0 bridgehead atoms. The van der Waals surface area contributed by atoms with Gasteiger partial charge < -0.3 is 5.43 Å². The molecule has 0 amide bonds. The number of nitrogens with one attached hydrogen (secondary N) is 1. The topological polar surface area (TPSA) is 68.5 Å². The van der Waals surface area contributed by atoms with Crippen molar-refractivity contribution in [2.45, 2.75) is 6.92 Å². The quantitative estimate of drug-likeness (QED) is 0.881. The normalized spacial score (nSPS) is 13.5. The summed E-state index contributed by atoms with van der Waals surface area (Å²) in [5, 5.41) is 16.6. The fourth-order valence-corrected chi connectivity index (χ4v) is 2.80. The molecule has 0 aliphatic carbocycles. The minimum atomic E-state index is 0.242. The molecule has 0 saturated heterocycles. The van der Waals surface area contributed by atoms with E-state index in [1.165, 1.54) is 0 Å². The van der Waals surface area contributed by atoms with Gasteiger partial charge in [-0.05, 0) is 41.9 Å². The van der Waals surface area contributed by atoms with E-state index in [2.05, 4.69) is 16.7 Å². The Morgan fingerprint density at radius 1 is 1.30 bits per heavy atom. The summed E-state index contributed by atoms with van der Waals surface area (Å²) in [6.45, 7) is 2.76. The van der Waals surface area contributed by atoms with Crippen LogP contribution >= 0.6 is 11.6 Å². The van der Waals surface area contributed by atoms with Crippen LogP contribution in [0.25, 0.3) is 11.8 Å². The van der Waals surface area contributed by atoms with Crippen molar-refractivity contribution in [2.24, 2.45) is 5.18 Å². The van der Waals surface area contributed by atoms with Gasteiger partial charge in [-0.1, -0.05) is 23.7 Å². The molecule has 5 nitrogen and oxygen atoms in total. The first kappa shape index (κ1) is 15.1. The molecule has 2 aromatic carbocycles. The van der Waals surface area contributed by atoms with Crippen molar-refractivity contribution >= 4 is 34.7 Å². The molecule has 1 heterocycles. The van der Waals surface area contributed by atoms with Crippen molar-refractivity contribution in [1.82, 2.24) is 5.43 Å². The average molecular weight is 325 g/mol. The lowest BCUT2D eigenvalue weighted by atomic mass is 10.0. The van der Waals surface area contributed by atoms with Gasteiger partial charge in [0, 0.05) is 28.2 Å². The Bertz CT molecular complexity index is 929. The second-order valence-corrected chi connectivity index (χ2v) is 5.43. The first-order chi connectivity index (χ1) is 11.2. The van der Waals surface area contributed by atoms with Crippen molar-refractivity contribution in [3.8, 4) is 6.07 Å². The molecule has 0 spiro atoms. The molecule has 0 unspecified atom stereocenters. The molecule has 0 saturated carbocycles. The third-order valence-electron chi connectivity index (χ3n) is 3.77. The summed E-state index contributed by atoms with van der Waals surface area (Å²) < 4.78 is 0. The zero-order chi connectivity index (χ0) is 16.4. The highest BCUT2D eigenvalue weighted by Crippen LogP contribution is 2.18. The Balaban J connectivity index is 2.41.